The van der Waals surface area contributed by atoms with E-state index in [1.54, 1.807) is 4.90 Å². The van der Waals surface area contributed by atoms with Gasteiger partial charge in [-0.15, -0.1) is 0 Å². The van der Waals surface area contributed by atoms with E-state index in [2.05, 4.69) is 6.07 Å². The predicted molar refractivity (Wildman–Crippen MR) is 66.8 cm³/mol. The Morgan fingerprint density at radius 3 is 2.78 bits per heavy atom. The molecule has 4 nitrogen and oxygen atoms in total. The van der Waals surface area contributed by atoms with E-state index in [1.807, 2.05) is 31.2 Å². The molecule has 0 saturated heterocycles. The molecule has 1 heterocycles. The quantitative estimate of drug-likeness (QED) is 0.880. The lowest BCUT2D eigenvalue weighted by molar-refractivity contribution is -0.144. The molecule has 0 spiro atoms. The number of carboxylic acid groups (broad SMARTS) is 1. The fraction of sp³-hybridized carbons (Fsp3) is 0.429. The van der Waals surface area contributed by atoms with Crippen LogP contribution in [0.2, 0.25) is 0 Å². The molecule has 1 unspecified atom stereocenters. The van der Waals surface area contributed by atoms with Crippen molar-refractivity contribution in [3.05, 3.63) is 35.4 Å². The van der Waals surface area contributed by atoms with Gasteiger partial charge in [-0.05, 0) is 24.0 Å². The number of carboxylic acids is 1. The molecule has 4 heteroatoms. The largest absolute Gasteiger partial charge is 0.480 e. The zero-order valence-corrected chi connectivity index (χ0v) is 10.3. The van der Waals surface area contributed by atoms with Crippen LogP contribution < -0.4 is 0 Å². The van der Waals surface area contributed by atoms with Gasteiger partial charge in [0.05, 0.1) is 12.1 Å². The van der Waals surface area contributed by atoms with Gasteiger partial charge in [0.15, 0.2) is 0 Å². The minimum atomic E-state index is -0.849. The van der Waals surface area contributed by atoms with E-state index in [0.717, 1.165) is 11.1 Å². The Labute approximate surface area is 106 Å². The number of nitrogens with zero attached hydrogens (tertiary/aromatic N) is 2. The Morgan fingerprint density at radius 2 is 2.22 bits per heavy atom. The third-order valence-corrected chi connectivity index (χ3v) is 3.51. The summed E-state index contributed by atoms with van der Waals surface area (Å²) in [5.74, 6) is -0.849. The third kappa shape index (κ3) is 2.22. The van der Waals surface area contributed by atoms with E-state index < -0.39 is 12.0 Å². The molecular formula is C14H16N2O2. The number of fused-ring (bicyclic) bond motifs is 1. The van der Waals surface area contributed by atoms with Crippen molar-refractivity contribution in [1.82, 2.24) is 4.90 Å². The molecule has 1 N–H and O–H groups in total. The number of hydrogen-bond acceptors (Lipinski definition) is 3. The molecule has 2 atom stereocenters. The molecule has 1 aliphatic heterocycles. The number of aliphatic carboxylic acids is 1. The summed E-state index contributed by atoms with van der Waals surface area (Å²) < 4.78 is 0. The summed E-state index contributed by atoms with van der Waals surface area (Å²) >= 11 is 0. The van der Waals surface area contributed by atoms with Crippen molar-refractivity contribution in [3.63, 3.8) is 0 Å². The van der Waals surface area contributed by atoms with Crippen molar-refractivity contribution in [1.29, 1.82) is 5.26 Å². The Balaban J connectivity index is 2.35. The molecule has 0 bridgehead atoms. The van der Waals surface area contributed by atoms with Gasteiger partial charge in [-0.2, -0.15) is 5.26 Å². The van der Waals surface area contributed by atoms with Crippen molar-refractivity contribution in [2.45, 2.75) is 38.4 Å². The summed E-state index contributed by atoms with van der Waals surface area (Å²) in [6, 6.07) is 9.12. The lowest BCUT2D eigenvalue weighted by atomic mass is 9.92. The standard InChI is InChI=1S/C14H16N2O2/c1-2-12(8-15)16-9-11-6-4-3-5-10(11)7-13(16)14(17)18/h3-6,12-13H,2,7,9H2,1H3,(H,17,18)/t12?,13-/m0/s1. The van der Waals surface area contributed by atoms with Gasteiger partial charge in [0.1, 0.15) is 6.04 Å². The van der Waals surface area contributed by atoms with E-state index in [4.69, 9.17) is 5.26 Å². The minimum absolute atomic E-state index is 0.334. The molecule has 1 aromatic rings. The number of hydrogen-bond donors (Lipinski definition) is 1. The van der Waals surface area contributed by atoms with Gasteiger partial charge < -0.3 is 5.11 Å². The molecule has 0 radical (unpaired) electrons. The average Bonchev–Trinajstić information content (AvgIpc) is 2.39. The van der Waals surface area contributed by atoms with Gasteiger partial charge >= 0.3 is 5.97 Å². The molecule has 0 aromatic heterocycles. The van der Waals surface area contributed by atoms with Crippen LogP contribution in [-0.4, -0.2) is 28.1 Å². The van der Waals surface area contributed by atoms with Crippen molar-refractivity contribution in [3.8, 4) is 6.07 Å². The molecular weight excluding hydrogens is 228 g/mol. The second kappa shape index (κ2) is 5.19. The van der Waals surface area contributed by atoms with E-state index >= 15 is 0 Å². The number of rotatable bonds is 3. The normalized spacial score (nSPS) is 20.8. The minimum Gasteiger partial charge on any atom is -0.480 e. The Hall–Kier alpha value is -1.86. The second-order valence-electron chi connectivity index (χ2n) is 4.55. The van der Waals surface area contributed by atoms with Gasteiger partial charge in [0, 0.05) is 6.54 Å². The van der Waals surface area contributed by atoms with Crippen LogP contribution in [0.15, 0.2) is 24.3 Å². The van der Waals surface area contributed by atoms with Crippen LogP contribution in [0.4, 0.5) is 0 Å². The van der Waals surface area contributed by atoms with Crippen LogP contribution >= 0.6 is 0 Å². The highest BCUT2D eigenvalue weighted by atomic mass is 16.4. The molecule has 0 aliphatic carbocycles. The van der Waals surface area contributed by atoms with Gasteiger partial charge in [0.2, 0.25) is 0 Å². The van der Waals surface area contributed by atoms with Gasteiger partial charge in [0.25, 0.3) is 0 Å². The molecule has 0 amide bonds. The molecule has 94 valence electrons. The van der Waals surface area contributed by atoms with Crippen LogP contribution in [0.1, 0.15) is 24.5 Å². The first-order valence-electron chi connectivity index (χ1n) is 6.12. The Kier molecular flexibility index (Phi) is 3.63. The van der Waals surface area contributed by atoms with E-state index in [1.165, 1.54) is 0 Å². The predicted octanol–water partition coefficient (Wildman–Crippen LogP) is 1.80. The lowest BCUT2D eigenvalue weighted by Crippen LogP contribution is -2.50. The smallest absolute Gasteiger partial charge is 0.321 e. The first-order valence-corrected chi connectivity index (χ1v) is 6.12. The van der Waals surface area contributed by atoms with Crippen molar-refractivity contribution in [2.24, 2.45) is 0 Å². The molecule has 1 aliphatic rings. The summed E-state index contributed by atoms with van der Waals surface area (Å²) in [4.78, 5) is 13.2. The maximum absolute atomic E-state index is 11.4. The number of benzene rings is 1. The zero-order chi connectivity index (χ0) is 13.1. The van der Waals surface area contributed by atoms with Crippen molar-refractivity contribution < 1.29 is 9.90 Å². The Bertz CT molecular complexity index is 493. The fourth-order valence-corrected chi connectivity index (χ4v) is 2.50. The highest BCUT2D eigenvalue weighted by Crippen LogP contribution is 2.26. The lowest BCUT2D eigenvalue weighted by Gasteiger charge is -2.36. The van der Waals surface area contributed by atoms with Crippen LogP contribution in [-0.2, 0) is 17.8 Å². The maximum Gasteiger partial charge on any atom is 0.321 e. The van der Waals surface area contributed by atoms with Crippen molar-refractivity contribution in [2.75, 3.05) is 0 Å². The summed E-state index contributed by atoms with van der Waals surface area (Å²) in [6.07, 6.45) is 1.12. The monoisotopic (exact) mass is 244 g/mol. The van der Waals surface area contributed by atoms with E-state index in [0.29, 0.717) is 19.4 Å². The molecule has 0 fully saturated rings. The van der Waals surface area contributed by atoms with E-state index in [9.17, 15) is 9.90 Å². The summed E-state index contributed by atoms with van der Waals surface area (Å²) in [5.41, 5.74) is 2.21. The summed E-state index contributed by atoms with van der Waals surface area (Å²) in [7, 11) is 0. The van der Waals surface area contributed by atoms with Crippen LogP contribution in [0.3, 0.4) is 0 Å². The van der Waals surface area contributed by atoms with Gasteiger partial charge in [-0.25, -0.2) is 0 Å². The molecule has 18 heavy (non-hydrogen) atoms. The second-order valence-corrected chi connectivity index (χ2v) is 4.55. The van der Waals surface area contributed by atoms with Crippen LogP contribution in [0.25, 0.3) is 0 Å². The first-order chi connectivity index (χ1) is 8.67. The van der Waals surface area contributed by atoms with E-state index in [-0.39, 0.29) is 6.04 Å². The first kappa shape index (κ1) is 12.6. The summed E-state index contributed by atoms with van der Waals surface area (Å²) in [5, 5.41) is 18.5. The highest BCUT2D eigenvalue weighted by Gasteiger charge is 2.34. The molecule has 0 saturated carbocycles. The van der Waals surface area contributed by atoms with Gasteiger partial charge in [-0.3, -0.25) is 9.69 Å². The third-order valence-electron chi connectivity index (χ3n) is 3.51. The molecule has 1 aromatic carbocycles. The SMILES string of the molecule is CCC(C#N)N1Cc2ccccc2C[C@H]1C(=O)O. The molecule has 2 rings (SSSR count). The van der Waals surface area contributed by atoms with Gasteiger partial charge in [-0.1, -0.05) is 31.2 Å². The topological polar surface area (TPSA) is 64.3 Å². The Morgan fingerprint density at radius 1 is 1.56 bits per heavy atom. The number of nitriles is 1. The zero-order valence-electron chi connectivity index (χ0n) is 10.3. The number of carbonyl (C=O) groups is 1. The van der Waals surface area contributed by atoms with Crippen LogP contribution in [0, 0.1) is 11.3 Å². The summed E-state index contributed by atoms with van der Waals surface area (Å²) in [6.45, 7) is 2.45. The fourth-order valence-electron chi connectivity index (χ4n) is 2.50. The van der Waals surface area contributed by atoms with Crippen molar-refractivity contribution >= 4 is 5.97 Å². The average molecular weight is 244 g/mol. The highest BCUT2D eigenvalue weighted by molar-refractivity contribution is 5.74. The maximum atomic E-state index is 11.4. The van der Waals surface area contributed by atoms with Crippen LogP contribution in [0.5, 0.6) is 0 Å².